The SMILES string of the molecule is CC1CCC(OC(=O)[C@@H](N)Cc2ccccc2)CC1. The number of hydrogen-bond donors (Lipinski definition) is 1. The van der Waals surface area contributed by atoms with Crippen molar-refractivity contribution in [3.05, 3.63) is 35.9 Å². The zero-order valence-electron chi connectivity index (χ0n) is 11.5. The van der Waals surface area contributed by atoms with Gasteiger partial charge in [0.1, 0.15) is 12.1 Å². The maximum atomic E-state index is 11.9. The number of carbonyl (C=O) groups is 1. The molecule has 0 radical (unpaired) electrons. The molecule has 19 heavy (non-hydrogen) atoms. The Morgan fingerprint density at radius 3 is 2.53 bits per heavy atom. The molecule has 0 amide bonds. The van der Waals surface area contributed by atoms with Crippen LogP contribution in [0.1, 0.15) is 38.2 Å². The summed E-state index contributed by atoms with van der Waals surface area (Å²) < 4.78 is 5.51. The second-order valence-corrected chi connectivity index (χ2v) is 5.61. The van der Waals surface area contributed by atoms with Crippen molar-refractivity contribution in [2.24, 2.45) is 11.7 Å². The van der Waals surface area contributed by atoms with Crippen LogP contribution in [0.5, 0.6) is 0 Å². The maximum Gasteiger partial charge on any atom is 0.323 e. The summed E-state index contributed by atoms with van der Waals surface area (Å²) in [6.45, 7) is 2.25. The lowest BCUT2D eigenvalue weighted by Gasteiger charge is -2.27. The smallest absolute Gasteiger partial charge is 0.323 e. The van der Waals surface area contributed by atoms with E-state index in [-0.39, 0.29) is 12.1 Å². The summed E-state index contributed by atoms with van der Waals surface area (Å²) in [5.74, 6) is 0.497. The van der Waals surface area contributed by atoms with Gasteiger partial charge in [-0.15, -0.1) is 0 Å². The molecular formula is C16H23NO2. The van der Waals surface area contributed by atoms with Crippen molar-refractivity contribution < 1.29 is 9.53 Å². The Balaban J connectivity index is 1.79. The topological polar surface area (TPSA) is 52.3 Å². The van der Waals surface area contributed by atoms with Crippen LogP contribution in [0.2, 0.25) is 0 Å². The van der Waals surface area contributed by atoms with Crippen molar-refractivity contribution in [1.82, 2.24) is 0 Å². The van der Waals surface area contributed by atoms with Gasteiger partial charge in [0.25, 0.3) is 0 Å². The maximum absolute atomic E-state index is 11.9. The molecule has 1 atom stereocenters. The molecule has 0 aromatic heterocycles. The zero-order chi connectivity index (χ0) is 13.7. The zero-order valence-corrected chi connectivity index (χ0v) is 11.5. The first kappa shape index (κ1) is 14.1. The molecule has 0 spiro atoms. The Bertz CT molecular complexity index is 396. The first-order valence-corrected chi connectivity index (χ1v) is 7.15. The lowest BCUT2D eigenvalue weighted by atomic mass is 9.89. The molecule has 1 aromatic rings. The van der Waals surface area contributed by atoms with Crippen molar-refractivity contribution >= 4 is 5.97 Å². The third-order valence-electron chi connectivity index (χ3n) is 3.85. The van der Waals surface area contributed by atoms with E-state index in [9.17, 15) is 4.79 Å². The summed E-state index contributed by atoms with van der Waals surface area (Å²) in [5.41, 5.74) is 6.99. The summed E-state index contributed by atoms with van der Waals surface area (Å²) in [7, 11) is 0. The molecule has 1 fully saturated rings. The number of ether oxygens (including phenoxy) is 1. The van der Waals surface area contributed by atoms with Crippen LogP contribution in [0.15, 0.2) is 30.3 Å². The average Bonchev–Trinajstić information content (AvgIpc) is 2.42. The number of nitrogens with two attached hydrogens (primary N) is 1. The minimum atomic E-state index is -0.554. The number of benzene rings is 1. The van der Waals surface area contributed by atoms with Gasteiger partial charge in [0.2, 0.25) is 0 Å². The lowest BCUT2D eigenvalue weighted by Crippen LogP contribution is -2.37. The number of esters is 1. The number of hydrogen-bond acceptors (Lipinski definition) is 3. The molecule has 3 nitrogen and oxygen atoms in total. The Kier molecular flexibility index (Phi) is 4.97. The molecule has 0 saturated heterocycles. The normalized spacial score (nSPS) is 24.7. The number of rotatable bonds is 4. The molecule has 0 heterocycles. The molecule has 3 heteroatoms. The highest BCUT2D eigenvalue weighted by Gasteiger charge is 2.24. The van der Waals surface area contributed by atoms with E-state index in [4.69, 9.17) is 10.5 Å². The molecule has 1 aliphatic rings. The molecule has 1 saturated carbocycles. The molecule has 0 unspecified atom stereocenters. The third-order valence-corrected chi connectivity index (χ3v) is 3.85. The second kappa shape index (κ2) is 6.71. The summed E-state index contributed by atoms with van der Waals surface area (Å²) in [5, 5.41) is 0. The first-order chi connectivity index (χ1) is 9.15. The molecule has 2 N–H and O–H groups in total. The summed E-state index contributed by atoms with van der Waals surface area (Å²) in [6, 6.07) is 9.27. The van der Waals surface area contributed by atoms with E-state index in [0.29, 0.717) is 6.42 Å². The van der Waals surface area contributed by atoms with E-state index in [2.05, 4.69) is 6.92 Å². The van der Waals surface area contributed by atoms with E-state index in [1.165, 1.54) is 0 Å². The van der Waals surface area contributed by atoms with Gasteiger partial charge in [-0.2, -0.15) is 0 Å². The fourth-order valence-corrected chi connectivity index (χ4v) is 2.55. The van der Waals surface area contributed by atoms with Crippen LogP contribution >= 0.6 is 0 Å². The molecular weight excluding hydrogens is 238 g/mol. The highest BCUT2D eigenvalue weighted by molar-refractivity contribution is 5.76. The van der Waals surface area contributed by atoms with Gasteiger partial charge < -0.3 is 10.5 Å². The van der Waals surface area contributed by atoms with Gasteiger partial charge in [-0.1, -0.05) is 37.3 Å². The Labute approximate surface area is 115 Å². The van der Waals surface area contributed by atoms with Gasteiger partial charge in [0, 0.05) is 0 Å². The van der Waals surface area contributed by atoms with Gasteiger partial charge in [-0.25, -0.2) is 0 Å². The molecule has 2 rings (SSSR count). The van der Waals surface area contributed by atoms with Crippen LogP contribution in [-0.2, 0) is 16.0 Å². The standard InChI is InChI=1S/C16H23NO2/c1-12-7-9-14(10-8-12)19-16(18)15(17)11-13-5-3-2-4-6-13/h2-6,12,14-15H,7-11,17H2,1H3/t12?,14?,15-/m0/s1. The Morgan fingerprint density at radius 2 is 1.89 bits per heavy atom. The van der Waals surface area contributed by atoms with Gasteiger partial charge in [0.05, 0.1) is 0 Å². The van der Waals surface area contributed by atoms with Crippen LogP contribution in [-0.4, -0.2) is 18.1 Å². The van der Waals surface area contributed by atoms with E-state index in [1.54, 1.807) is 0 Å². The van der Waals surface area contributed by atoms with Crippen molar-refractivity contribution in [1.29, 1.82) is 0 Å². The number of carbonyl (C=O) groups excluding carboxylic acids is 1. The Hall–Kier alpha value is -1.35. The lowest BCUT2D eigenvalue weighted by molar-refractivity contribution is -0.152. The van der Waals surface area contributed by atoms with E-state index in [1.807, 2.05) is 30.3 Å². The largest absolute Gasteiger partial charge is 0.461 e. The van der Waals surface area contributed by atoms with Crippen LogP contribution < -0.4 is 5.73 Å². The predicted molar refractivity (Wildman–Crippen MR) is 75.6 cm³/mol. The Morgan fingerprint density at radius 1 is 1.26 bits per heavy atom. The van der Waals surface area contributed by atoms with Crippen LogP contribution in [0, 0.1) is 5.92 Å². The predicted octanol–water partition coefficient (Wildman–Crippen LogP) is 2.68. The summed E-state index contributed by atoms with van der Waals surface area (Å²) in [4.78, 5) is 11.9. The highest BCUT2D eigenvalue weighted by Crippen LogP contribution is 2.25. The second-order valence-electron chi connectivity index (χ2n) is 5.61. The average molecular weight is 261 g/mol. The minimum Gasteiger partial charge on any atom is -0.461 e. The van der Waals surface area contributed by atoms with Crippen LogP contribution in [0.3, 0.4) is 0 Å². The van der Waals surface area contributed by atoms with Crippen LogP contribution in [0.4, 0.5) is 0 Å². The van der Waals surface area contributed by atoms with E-state index in [0.717, 1.165) is 37.2 Å². The van der Waals surface area contributed by atoms with Crippen molar-refractivity contribution in [2.75, 3.05) is 0 Å². The quantitative estimate of drug-likeness (QED) is 0.848. The third kappa shape index (κ3) is 4.35. The monoisotopic (exact) mass is 261 g/mol. The fourth-order valence-electron chi connectivity index (χ4n) is 2.55. The summed E-state index contributed by atoms with van der Waals surface area (Å²) in [6.07, 6.45) is 4.86. The fraction of sp³-hybridized carbons (Fsp3) is 0.562. The summed E-state index contributed by atoms with van der Waals surface area (Å²) >= 11 is 0. The van der Waals surface area contributed by atoms with Gasteiger partial charge in [-0.3, -0.25) is 4.79 Å². The van der Waals surface area contributed by atoms with Gasteiger partial charge >= 0.3 is 5.97 Å². The minimum absolute atomic E-state index is 0.0746. The molecule has 0 bridgehead atoms. The molecule has 1 aromatic carbocycles. The first-order valence-electron chi connectivity index (χ1n) is 7.15. The van der Waals surface area contributed by atoms with Crippen LogP contribution in [0.25, 0.3) is 0 Å². The van der Waals surface area contributed by atoms with Crippen molar-refractivity contribution in [2.45, 2.75) is 51.2 Å². The van der Waals surface area contributed by atoms with Crippen molar-refractivity contribution in [3.8, 4) is 0 Å². The van der Waals surface area contributed by atoms with Crippen molar-refractivity contribution in [3.63, 3.8) is 0 Å². The van der Waals surface area contributed by atoms with E-state index >= 15 is 0 Å². The van der Waals surface area contributed by atoms with Gasteiger partial charge in [0.15, 0.2) is 0 Å². The molecule has 0 aliphatic heterocycles. The van der Waals surface area contributed by atoms with Gasteiger partial charge in [-0.05, 0) is 43.6 Å². The molecule has 104 valence electrons. The highest BCUT2D eigenvalue weighted by atomic mass is 16.5. The molecule has 1 aliphatic carbocycles. The van der Waals surface area contributed by atoms with E-state index < -0.39 is 6.04 Å².